The molecular formula is C13H13BrF4O5. The van der Waals surface area contributed by atoms with E-state index >= 15 is 0 Å². The molecule has 1 aromatic rings. The molecule has 0 radical (unpaired) electrons. The molecule has 23 heavy (non-hydrogen) atoms. The van der Waals surface area contributed by atoms with E-state index in [2.05, 4.69) is 15.9 Å². The number of hydrogen-bond acceptors (Lipinski definition) is 5. The van der Waals surface area contributed by atoms with Crippen molar-refractivity contribution in [2.45, 2.75) is 36.9 Å². The predicted molar refractivity (Wildman–Crippen MR) is 72.4 cm³/mol. The normalized spacial score (nSPS) is 31.9. The standard InChI is InChI=1S/C13H13BrF4O5/c14-5-1-2-7(6(3-5)13(16,17)18)22-12-9(15)11(21)10(20)8(4-19)23-12/h1-3,8-12,19-21H,4H2. The molecule has 3 N–H and O–H groups in total. The molecule has 0 amide bonds. The van der Waals surface area contributed by atoms with Crippen molar-refractivity contribution < 1.29 is 42.4 Å². The van der Waals surface area contributed by atoms with Crippen LogP contribution in [0.1, 0.15) is 5.56 Å². The Kier molecular flexibility index (Phi) is 5.52. The molecule has 1 aromatic carbocycles. The minimum absolute atomic E-state index is 0.141. The van der Waals surface area contributed by atoms with Crippen LogP contribution in [-0.4, -0.2) is 52.7 Å². The van der Waals surface area contributed by atoms with Gasteiger partial charge in [0, 0.05) is 4.47 Å². The van der Waals surface area contributed by atoms with Crippen LogP contribution in [0.5, 0.6) is 5.75 Å². The van der Waals surface area contributed by atoms with Gasteiger partial charge in [-0.2, -0.15) is 13.2 Å². The van der Waals surface area contributed by atoms with Crippen LogP contribution in [0.25, 0.3) is 0 Å². The zero-order valence-corrected chi connectivity index (χ0v) is 13.0. The Labute approximate surface area is 136 Å². The first kappa shape index (κ1) is 18.4. The Bertz CT molecular complexity index is 554. The number of hydrogen-bond donors (Lipinski definition) is 3. The maximum atomic E-state index is 14.0. The van der Waals surface area contributed by atoms with Gasteiger partial charge in [0.05, 0.1) is 12.2 Å². The van der Waals surface area contributed by atoms with Crippen molar-refractivity contribution in [3.8, 4) is 5.75 Å². The van der Waals surface area contributed by atoms with Crippen LogP contribution in [0.15, 0.2) is 22.7 Å². The highest BCUT2D eigenvalue weighted by atomic mass is 79.9. The fraction of sp³-hybridized carbons (Fsp3) is 0.538. The monoisotopic (exact) mass is 404 g/mol. The predicted octanol–water partition coefficient (Wildman–Crippen LogP) is 1.62. The summed E-state index contributed by atoms with van der Waals surface area (Å²) in [4.78, 5) is 0. The number of rotatable bonds is 3. The molecule has 5 atom stereocenters. The second-order valence-corrected chi connectivity index (χ2v) is 5.82. The smallest absolute Gasteiger partial charge is 0.420 e. The third-order valence-corrected chi connectivity index (χ3v) is 3.79. The van der Waals surface area contributed by atoms with Gasteiger partial charge in [-0.05, 0) is 18.2 Å². The second kappa shape index (κ2) is 6.89. The van der Waals surface area contributed by atoms with Crippen LogP contribution in [0, 0.1) is 0 Å². The minimum Gasteiger partial charge on any atom is -0.461 e. The molecule has 5 unspecified atom stereocenters. The van der Waals surface area contributed by atoms with Gasteiger partial charge in [0.25, 0.3) is 0 Å². The van der Waals surface area contributed by atoms with E-state index in [-0.39, 0.29) is 4.47 Å². The maximum Gasteiger partial charge on any atom is 0.420 e. The molecule has 0 aliphatic carbocycles. The molecule has 5 nitrogen and oxygen atoms in total. The SMILES string of the molecule is OCC1OC(Oc2ccc(Br)cc2C(F)(F)F)C(F)C(O)C1O. The summed E-state index contributed by atoms with van der Waals surface area (Å²) >= 11 is 2.90. The number of halogens is 5. The van der Waals surface area contributed by atoms with Crippen LogP contribution in [0.4, 0.5) is 17.6 Å². The molecule has 0 spiro atoms. The Hall–Kier alpha value is -0.940. The number of aliphatic hydroxyl groups is 3. The van der Waals surface area contributed by atoms with Crippen LogP contribution in [0.2, 0.25) is 0 Å². The lowest BCUT2D eigenvalue weighted by molar-refractivity contribution is -0.262. The molecular weight excluding hydrogens is 392 g/mol. The zero-order chi connectivity index (χ0) is 17.4. The highest BCUT2D eigenvalue weighted by Crippen LogP contribution is 2.39. The van der Waals surface area contributed by atoms with E-state index in [0.717, 1.165) is 12.1 Å². The van der Waals surface area contributed by atoms with Gasteiger partial charge in [-0.1, -0.05) is 15.9 Å². The van der Waals surface area contributed by atoms with E-state index in [9.17, 15) is 27.8 Å². The quantitative estimate of drug-likeness (QED) is 0.667. The van der Waals surface area contributed by atoms with Crippen LogP contribution < -0.4 is 4.74 Å². The number of alkyl halides is 4. The molecule has 10 heteroatoms. The van der Waals surface area contributed by atoms with Gasteiger partial charge < -0.3 is 24.8 Å². The molecule has 0 saturated carbocycles. The van der Waals surface area contributed by atoms with E-state index in [1.54, 1.807) is 0 Å². The van der Waals surface area contributed by atoms with Gasteiger partial charge in [0.2, 0.25) is 6.29 Å². The molecule has 1 heterocycles. The van der Waals surface area contributed by atoms with Gasteiger partial charge in [-0.3, -0.25) is 0 Å². The molecule has 0 bridgehead atoms. The molecule has 1 aliphatic heterocycles. The second-order valence-electron chi connectivity index (χ2n) is 4.91. The molecule has 2 rings (SSSR count). The van der Waals surface area contributed by atoms with Crippen LogP contribution in [0.3, 0.4) is 0 Å². The Balaban J connectivity index is 2.28. The van der Waals surface area contributed by atoms with Crippen molar-refractivity contribution in [1.82, 2.24) is 0 Å². The lowest BCUT2D eigenvalue weighted by atomic mass is 10.0. The first-order valence-electron chi connectivity index (χ1n) is 6.45. The molecule has 130 valence electrons. The Morgan fingerprint density at radius 1 is 1.22 bits per heavy atom. The fourth-order valence-electron chi connectivity index (χ4n) is 2.09. The van der Waals surface area contributed by atoms with Crippen molar-refractivity contribution in [2.75, 3.05) is 6.61 Å². The average Bonchev–Trinajstić information content (AvgIpc) is 2.48. The van der Waals surface area contributed by atoms with Crippen molar-refractivity contribution >= 4 is 15.9 Å². The number of ether oxygens (including phenoxy) is 2. The van der Waals surface area contributed by atoms with Crippen LogP contribution in [-0.2, 0) is 10.9 Å². The molecule has 1 fully saturated rings. The van der Waals surface area contributed by atoms with E-state index in [0.29, 0.717) is 0 Å². The molecule has 1 aliphatic rings. The van der Waals surface area contributed by atoms with Crippen molar-refractivity contribution in [3.05, 3.63) is 28.2 Å². The van der Waals surface area contributed by atoms with E-state index in [4.69, 9.17) is 14.6 Å². The van der Waals surface area contributed by atoms with E-state index in [1.807, 2.05) is 0 Å². The first-order chi connectivity index (χ1) is 10.6. The lowest BCUT2D eigenvalue weighted by Crippen LogP contribution is -2.58. The van der Waals surface area contributed by atoms with Crippen molar-refractivity contribution in [2.24, 2.45) is 0 Å². The Morgan fingerprint density at radius 2 is 1.87 bits per heavy atom. The highest BCUT2D eigenvalue weighted by Gasteiger charge is 2.47. The van der Waals surface area contributed by atoms with Gasteiger partial charge in [0.15, 0.2) is 6.17 Å². The third-order valence-electron chi connectivity index (χ3n) is 3.30. The largest absolute Gasteiger partial charge is 0.461 e. The van der Waals surface area contributed by atoms with Crippen molar-refractivity contribution in [3.63, 3.8) is 0 Å². The fourth-order valence-corrected chi connectivity index (χ4v) is 2.45. The summed E-state index contributed by atoms with van der Waals surface area (Å²) in [6, 6.07) is 2.98. The molecule has 1 saturated heterocycles. The first-order valence-corrected chi connectivity index (χ1v) is 7.24. The maximum absolute atomic E-state index is 14.0. The minimum atomic E-state index is -4.76. The van der Waals surface area contributed by atoms with Gasteiger partial charge in [-0.25, -0.2) is 4.39 Å². The van der Waals surface area contributed by atoms with Crippen molar-refractivity contribution in [1.29, 1.82) is 0 Å². The highest BCUT2D eigenvalue weighted by molar-refractivity contribution is 9.10. The zero-order valence-electron chi connectivity index (χ0n) is 11.4. The number of benzene rings is 1. The summed E-state index contributed by atoms with van der Waals surface area (Å²) in [6.07, 6.45) is -14.0. The van der Waals surface area contributed by atoms with E-state index < -0.39 is 54.9 Å². The molecule has 0 aromatic heterocycles. The summed E-state index contributed by atoms with van der Waals surface area (Å²) in [7, 11) is 0. The van der Waals surface area contributed by atoms with Gasteiger partial charge in [0.1, 0.15) is 24.1 Å². The number of aliphatic hydroxyl groups excluding tert-OH is 3. The summed E-state index contributed by atoms with van der Waals surface area (Å²) in [5.74, 6) is -0.700. The van der Waals surface area contributed by atoms with Crippen LogP contribution >= 0.6 is 15.9 Å². The van der Waals surface area contributed by atoms with Gasteiger partial charge >= 0.3 is 6.18 Å². The lowest BCUT2D eigenvalue weighted by Gasteiger charge is -2.38. The Morgan fingerprint density at radius 3 is 2.43 bits per heavy atom. The summed E-state index contributed by atoms with van der Waals surface area (Å²) < 4.78 is 62.9. The summed E-state index contributed by atoms with van der Waals surface area (Å²) in [6.45, 7) is -0.767. The van der Waals surface area contributed by atoms with Gasteiger partial charge in [-0.15, -0.1) is 0 Å². The average molecular weight is 405 g/mol. The summed E-state index contributed by atoms with van der Waals surface area (Å²) in [5, 5.41) is 28.0. The third kappa shape index (κ3) is 3.94. The summed E-state index contributed by atoms with van der Waals surface area (Å²) in [5.41, 5.74) is -1.16. The van der Waals surface area contributed by atoms with E-state index in [1.165, 1.54) is 6.07 Å². The topological polar surface area (TPSA) is 79.2 Å².